The van der Waals surface area contributed by atoms with Crippen LogP contribution in [0.2, 0.25) is 0 Å². The molecule has 170 valence electrons. The van der Waals surface area contributed by atoms with Gasteiger partial charge in [0.05, 0.1) is 5.39 Å². The molecule has 0 fully saturated rings. The van der Waals surface area contributed by atoms with Crippen molar-refractivity contribution >= 4 is 22.5 Å². The summed E-state index contributed by atoms with van der Waals surface area (Å²) in [4.78, 5) is 30.2. The van der Waals surface area contributed by atoms with E-state index in [1.807, 2.05) is 12.1 Å². The van der Waals surface area contributed by atoms with E-state index < -0.39 is 0 Å². The Morgan fingerprint density at radius 1 is 1.15 bits per heavy atom. The lowest BCUT2D eigenvalue weighted by molar-refractivity contribution is -0.129. The molecule has 10 heteroatoms. The van der Waals surface area contributed by atoms with Gasteiger partial charge in [-0.1, -0.05) is 23.4 Å². The molecule has 0 atom stereocenters. The molecule has 33 heavy (non-hydrogen) atoms. The average molecular weight is 450 g/mol. The number of hydrogen-bond donors (Lipinski definition) is 2. The third-order valence-electron chi connectivity index (χ3n) is 5.21. The first-order valence-electron chi connectivity index (χ1n) is 10.5. The zero-order chi connectivity index (χ0) is 23.2. The number of anilines is 1. The highest BCUT2D eigenvalue weighted by Crippen LogP contribution is 2.18. The number of amides is 1. The van der Waals surface area contributed by atoms with Crippen LogP contribution >= 0.6 is 0 Å². The molecular formula is C23H23FN6O3. The van der Waals surface area contributed by atoms with Gasteiger partial charge in [0.1, 0.15) is 5.82 Å². The van der Waals surface area contributed by atoms with Crippen LogP contribution in [0.25, 0.3) is 22.2 Å². The largest absolute Gasteiger partial charge is 0.368 e. The van der Waals surface area contributed by atoms with Gasteiger partial charge in [-0.3, -0.25) is 9.59 Å². The lowest BCUT2D eigenvalue weighted by Crippen LogP contribution is -2.29. The highest BCUT2D eigenvalue weighted by molar-refractivity contribution is 5.90. The van der Waals surface area contributed by atoms with Crippen molar-refractivity contribution in [2.75, 3.05) is 25.5 Å². The number of aromatic nitrogens is 4. The van der Waals surface area contributed by atoms with E-state index in [-0.39, 0.29) is 23.7 Å². The molecule has 1 amide bonds. The van der Waals surface area contributed by atoms with Crippen LogP contribution in [0.4, 0.5) is 10.2 Å². The van der Waals surface area contributed by atoms with E-state index in [0.717, 1.165) is 5.39 Å². The Morgan fingerprint density at radius 3 is 2.70 bits per heavy atom. The van der Waals surface area contributed by atoms with E-state index in [1.54, 1.807) is 36.2 Å². The predicted octanol–water partition coefficient (Wildman–Crippen LogP) is 3.01. The fourth-order valence-corrected chi connectivity index (χ4v) is 3.37. The summed E-state index contributed by atoms with van der Waals surface area (Å²) in [5, 5.41) is 15.0. The fraction of sp³-hybridized carbons (Fsp3) is 0.261. The second kappa shape index (κ2) is 10.0. The standard InChI is InChI=1S/C23H23FN6O3/c1-30(14-4-13-25-22-17-5-2-3-6-18(17)23(32)28-27-22)20(31)12-11-19-26-21(29-33-19)15-7-9-16(24)10-8-15/h2-3,5-10H,4,11-14H2,1H3,(H,25,27)(H,28,32). The molecule has 2 aromatic carbocycles. The van der Waals surface area contributed by atoms with Crippen molar-refractivity contribution < 1.29 is 13.7 Å². The molecular weight excluding hydrogens is 427 g/mol. The third kappa shape index (κ3) is 5.40. The van der Waals surface area contributed by atoms with Crippen molar-refractivity contribution in [3.8, 4) is 11.4 Å². The Morgan fingerprint density at radius 2 is 1.91 bits per heavy atom. The van der Waals surface area contributed by atoms with Crippen molar-refractivity contribution in [3.05, 3.63) is 70.6 Å². The van der Waals surface area contributed by atoms with Crippen molar-refractivity contribution in [2.45, 2.75) is 19.3 Å². The van der Waals surface area contributed by atoms with Crippen molar-refractivity contribution in [1.82, 2.24) is 25.2 Å². The van der Waals surface area contributed by atoms with Crippen LogP contribution in [0, 0.1) is 5.82 Å². The number of halogens is 1. The number of fused-ring (bicyclic) bond motifs is 1. The molecule has 0 spiro atoms. The van der Waals surface area contributed by atoms with Gasteiger partial charge < -0.3 is 14.7 Å². The average Bonchev–Trinajstić information content (AvgIpc) is 3.31. The van der Waals surface area contributed by atoms with Crippen LogP contribution < -0.4 is 10.9 Å². The summed E-state index contributed by atoms with van der Waals surface area (Å²) < 4.78 is 18.2. The van der Waals surface area contributed by atoms with Crippen LogP contribution in [0.5, 0.6) is 0 Å². The molecule has 0 saturated heterocycles. The van der Waals surface area contributed by atoms with Crippen LogP contribution in [0.3, 0.4) is 0 Å². The Labute approximate surface area is 188 Å². The number of nitrogens with zero attached hydrogens (tertiary/aromatic N) is 4. The summed E-state index contributed by atoms with van der Waals surface area (Å²) in [6.45, 7) is 1.14. The maximum absolute atomic E-state index is 13.0. The molecule has 0 saturated carbocycles. The van der Waals surface area contributed by atoms with Crippen molar-refractivity contribution in [2.24, 2.45) is 0 Å². The van der Waals surface area contributed by atoms with Gasteiger partial charge in [-0.05, 0) is 36.8 Å². The topological polar surface area (TPSA) is 117 Å². The van der Waals surface area contributed by atoms with Gasteiger partial charge in [-0.2, -0.15) is 10.1 Å². The van der Waals surface area contributed by atoms with E-state index >= 15 is 0 Å². The highest BCUT2D eigenvalue weighted by atomic mass is 19.1. The van der Waals surface area contributed by atoms with E-state index in [2.05, 4.69) is 25.7 Å². The minimum absolute atomic E-state index is 0.0378. The first kappa shape index (κ1) is 22.1. The molecule has 0 aliphatic heterocycles. The molecule has 9 nitrogen and oxygen atoms in total. The summed E-state index contributed by atoms with van der Waals surface area (Å²) in [5.74, 6) is 0.945. The first-order chi connectivity index (χ1) is 16.0. The van der Waals surface area contributed by atoms with E-state index in [1.165, 1.54) is 12.1 Å². The lowest BCUT2D eigenvalue weighted by atomic mass is 10.2. The number of benzene rings is 2. The molecule has 0 radical (unpaired) electrons. The Hall–Kier alpha value is -4.08. The van der Waals surface area contributed by atoms with E-state index in [4.69, 9.17) is 4.52 Å². The number of H-pyrrole nitrogens is 1. The molecule has 0 bridgehead atoms. The second-order valence-corrected chi connectivity index (χ2v) is 7.56. The number of aromatic amines is 1. The van der Waals surface area contributed by atoms with Gasteiger partial charge in [0, 0.05) is 43.9 Å². The van der Waals surface area contributed by atoms with E-state index in [9.17, 15) is 14.0 Å². The monoisotopic (exact) mass is 450 g/mol. The fourth-order valence-electron chi connectivity index (χ4n) is 3.37. The van der Waals surface area contributed by atoms with Crippen LogP contribution in [0.1, 0.15) is 18.7 Å². The molecule has 0 aliphatic carbocycles. The highest BCUT2D eigenvalue weighted by Gasteiger charge is 2.13. The number of carbonyl (C=O) groups is 1. The molecule has 2 heterocycles. The second-order valence-electron chi connectivity index (χ2n) is 7.56. The maximum atomic E-state index is 13.0. The lowest BCUT2D eigenvalue weighted by Gasteiger charge is -2.17. The predicted molar refractivity (Wildman–Crippen MR) is 121 cm³/mol. The van der Waals surface area contributed by atoms with Gasteiger partial charge in [-0.15, -0.1) is 0 Å². The third-order valence-corrected chi connectivity index (χ3v) is 5.21. The van der Waals surface area contributed by atoms with Crippen LogP contribution in [-0.2, 0) is 11.2 Å². The summed E-state index contributed by atoms with van der Waals surface area (Å²) in [6, 6.07) is 13.1. The number of carbonyl (C=O) groups excluding carboxylic acids is 1. The molecule has 0 aliphatic rings. The maximum Gasteiger partial charge on any atom is 0.272 e. The molecule has 2 N–H and O–H groups in total. The summed E-state index contributed by atoms with van der Waals surface area (Å²) in [5.41, 5.74) is 0.416. The molecule has 2 aromatic heterocycles. The first-order valence-corrected chi connectivity index (χ1v) is 10.5. The molecule has 4 aromatic rings. The zero-order valence-corrected chi connectivity index (χ0v) is 18.0. The molecule has 0 unspecified atom stereocenters. The number of nitrogens with one attached hydrogen (secondary N) is 2. The van der Waals surface area contributed by atoms with Crippen LogP contribution in [0.15, 0.2) is 57.8 Å². The SMILES string of the molecule is CN(CCCNc1n[nH]c(=O)c2ccccc12)C(=O)CCc1nc(-c2ccc(F)cc2)no1. The molecule has 4 rings (SSSR count). The Balaban J connectivity index is 1.22. The minimum atomic E-state index is -0.338. The van der Waals surface area contributed by atoms with Gasteiger partial charge in [0.2, 0.25) is 17.6 Å². The quantitative estimate of drug-likeness (QED) is 0.377. The van der Waals surface area contributed by atoms with Crippen molar-refractivity contribution in [1.29, 1.82) is 0 Å². The van der Waals surface area contributed by atoms with Gasteiger partial charge in [0.25, 0.3) is 5.56 Å². The van der Waals surface area contributed by atoms with Crippen LogP contribution in [-0.4, -0.2) is 51.3 Å². The number of rotatable bonds is 9. The van der Waals surface area contributed by atoms with Gasteiger partial charge in [-0.25, -0.2) is 9.49 Å². The van der Waals surface area contributed by atoms with Crippen molar-refractivity contribution in [3.63, 3.8) is 0 Å². The minimum Gasteiger partial charge on any atom is -0.368 e. The van der Waals surface area contributed by atoms with Gasteiger partial charge in [0.15, 0.2) is 5.82 Å². The smallest absolute Gasteiger partial charge is 0.272 e. The number of aryl methyl sites for hydroxylation is 1. The normalized spacial score (nSPS) is 11.0. The number of hydrogen-bond acceptors (Lipinski definition) is 7. The summed E-state index contributed by atoms with van der Waals surface area (Å²) in [7, 11) is 1.74. The Kier molecular flexibility index (Phi) is 6.72. The summed E-state index contributed by atoms with van der Waals surface area (Å²) in [6.07, 6.45) is 1.26. The van der Waals surface area contributed by atoms with Gasteiger partial charge >= 0.3 is 0 Å². The van der Waals surface area contributed by atoms with E-state index in [0.29, 0.717) is 54.4 Å². The Bertz CT molecular complexity index is 1300. The summed E-state index contributed by atoms with van der Waals surface area (Å²) >= 11 is 0. The zero-order valence-electron chi connectivity index (χ0n) is 18.0.